The van der Waals surface area contributed by atoms with E-state index in [1.54, 1.807) is 11.1 Å². The van der Waals surface area contributed by atoms with Crippen molar-refractivity contribution in [3.8, 4) is 22.3 Å². The standard InChI is InChI=1S/C31H43P2.C5H5.Fe/c1-29(2,3)28-25(21-33(30(4,5)6)31(7,8)9)24(20-32)26(22-16-12-10-13-17-22)27(28)23-18-14-11-15-19-23;1-2-4-5-3-1;/h10-19H,20-21,32H2,1-9H3;1-5H;/q-1;-5;. The zero-order chi connectivity index (χ0) is 28.1. The maximum absolute atomic E-state index is 3.06. The van der Waals surface area contributed by atoms with Gasteiger partial charge in [0.15, 0.2) is 0 Å². The van der Waals surface area contributed by atoms with Crippen molar-refractivity contribution in [3.05, 3.63) is 108 Å². The van der Waals surface area contributed by atoms with Crippen LogP contribution in [0.2, 0.25) is 0 Å². The van der Waals surface area contributed by atoms with Crippen LogP contribution in [0.25, 0.3) is 22.3 Å². The maximum atomic E-state index is 3.06. The molecule has 216 valence electrons. The Bertz CT molecular complexity index is 1220. The van der Waals surface area contributed by atoms with E-state index in [-0.39, 0.29) is 40.7 Å². The first-order valence-electron chi connectivity index (χ1n) is 13.9. The minimum atomic E-state index is -0.250. The molecule has 0 radical (unpaired) electrons. The maximum Gasteiger partial charge on any atom is 0 e. The SMILES string of the molecule is CC(C)(C)c1c(-c2ccccc2)c(-c2ccccc2)c(CP)[c-]1CP(C(C)(C)C)C(C)(C)C.[Fe].[cH-]1[cH-][cH-][cH-][cH-]1. The van der Waals surface area contributed by atoms with E-state index in [9.17, 15) is 0 Å². The minimum Gasteiger partial charge on any atom is -0.748 e. The van der Waals surface area contributed by atoms with Crippen molar-refractivity contribution in [3.63, 3.8) is 0 Å². The molecule has 0 saturated carbocycles. The summed E-state index contributed by atoms with van der Waals surface area (Å²) in [6.07, 6.45) is 2.15. The van der Waals surface area contributed by atoms with E-state index in [0.29, 0.717) is 0 Å². The van der Waals surface area contributed by atoms with E-state index in [1.807, 2.05) is 30.3 Å². The normalized spacial score (nSPS) is 12.1. The van der Waals surface area contributed by atoms with Gasteiger partial charge in [0, 0.05) is 17.1 Å². The molecule has 0 N–H and O–H groups in total. The van der Waals surface area contributed by atoms with Gasteiger partial charge in [0.2, 0.25) is 0 Å². The average molecular weight is 599 g/mol. The predicted molar refractivity (Wildman–Crippen MR) is 177 cm³/mol. The first-order valence-corrected chi connectivity index (χ1v) is 16.2. The van der Waals surface area contributed by atoms with Gasteiger partial charge in [-0.15, -0.1) is 22.7 Å². The molecular formula is C36H48FeP2-6. The Kier molecular flexibility index (Phi) is 12.0. The zero-order valence-corrected chi connectivity index (χ0v) is 28.6. The van der Waals surface area contributed by atoms with E-state index in [2.05, 4.69) is 132 Å². The van der Waals surface area contributed by atoms with Gasteiger partial charge in [-0.25, -0.2) is 0 Å². The Morgan fingerprint density at radius 1 is 0.641 bits per heavy atom. The molecule has 39 heavy (non-hydrogen) atoms. The molecule has 0 spiro atoms. The summed E-state index contributed by atoms with van der Waals surface area (Å²) in [6, 6.07) is 32.1. The van der Waals surface area contributed by atoms with Gasteiger partial charge in [-0.1, -0.05) is 140 Å². The van der Waals surface area contributed by atoms with Crippen LogP contribution in [0.4, 0.5) is 0 Å². The molecule has 0 heterocycles. The van der Waals surface area contributed by atoms with Crippen LogP contribution in [0.15, 0.2) is 91.0 Å². The van der Waals surface area contributed by atoms with Gasteiger partial charge < -0.3 is 30.3 Å². The Morgan fingerprint density at radius 3 is 1.36 bits per heavy atom. The Balaban J connectivity index is 0.000000797. The second-order valence-electron chi connectivity index (χ2n) is 13.2. The van der Waals surface area contributed by atoms with Crippen molar-refractivity contribution >= 4 is 17.2 Å². The first-order chi connectivity index (χ1) is 17.8. The van der Waals surface area contributed by atoms with E-state index in [4.69, 9.17) is 0 Å². The molecule has 4 rings (SSSR count). The van der Waals surface area contributed by atoms with Gasteiger partial charge in [0.25, 0.3) is 0 Å². The first kappa shape index (κ1) is 33.7. The summed E-state index contributed by atoms with van der Waals surface area (Å²) in [4.78, 5) is 0. The molecule has 0 saturated heterocycles. The summed E-state index contributed by atoms with van der Waals surface area (Å²) in [6.45, 7) is 21.9. The van der Waals surface area contributed by atoms with E-state index in [0.717, 1.165) is 6.16 Å². The summed E-state index contributed by atoms with van der Waals surface area (Å²) in [5, 5.41) is 0.579. The summed E-state index contributed by atoms with van der Waals surface area (Å²) in [5.41, 5.74) is 10.3. The van der Waals surface area contributed by atoms with Crippen LogP contribution in [0, 0.1) is 0 Å². The largest absolute Gasteiger partial charge is 0.748 e. The van der Waals surface area contributed by atoms with Crippen LogP contribution < -0.4 is 0 Å². The van der Waals surface area contributed by atoms with E-state index >= 15 is 0 Å². The van der Waals surface area contributed by atoms with Crippen LogP contribution in [0.5, 0.6) is 0 Å². The summed E-state index contributed by atoms with van der Waals surface area (Å²) in [5.74, 6) is 0. The second kappa shape index (κ2) is 13.9. The van der Waals surface area contributed by atoms with Crippen molar-refractivity contribution in [2.24, 2.45) is 0 Å². The molecule has 1 unspecified atom stereocenters. The molecule has 4 aromatic rings. The van der Waals surface area contributed by atoms with Crippen LogP contribution in [0.3, 0.4) is 0 Å². The fraction of sp³-hybridized carbons (Fsp3) is 0.389. The van der Waals surface area contributed by atoms with Crippen LogP contribution >= 0.6 is 17.2 Å². The van der Waals surface area contributed by atoms with Crippen molar-refractivity contribution in [2.45, 2.75) is 90.4 Å². The molecule has 3 heteroatoms. The molecule has 0 aromatic heterocycles. The third kappa shape index (κ3) is 8.51. The van der Waals surface area contributed by atoms with Crippen molar-refractivity contribution < 1.29 is 17.1 Å². The quantitative estimate of drug-likeness (QED) is 0.122. The summed E-state index contributed by atoms with van der Waals surface area (Å²) in [7, 11) is 2.81. The topological polar surface area (TPSA) is 0 Å². The van der Waals surface area contributed by atoms with E-state index in [1.165, 1.54) is 34.0 Å². The summed E-state index contributed by atoms with van der Waals surface area (Å²) >= 11 is 0. The Labute approximate surface area is 253 Å². The van der Waals surface area contributed by atoms with Gasteiger partial charge in [0.1, 0.15) is 0 Å². The fourth-order valence-corrected chi connectivity index (χ4v) is 9.81. The molecule has 0 bridgehead atoms. The fourth-order valence-electron chi connectivity index (χ4n) is 5.73. The Hall–Kier alpha value is -1.48. The second-order valence-corrected chi connectivity index (χ2v) is 17.4. The molecule has 1 atom stereocenters. The third-order valence-corrected chi connectivity index (χ3v) is 11.3. The van der Waals surface area contributed by atoms with Crippen molar-refractivity contribution in [1.82, 2.24) is 0 Å². The van der Waals surface area contributed by atoms with Crippen LogP contribution in [-0.2, 0) is 34.8 Å². The number of benzene rings is 2. The van der Waals surface area contributed by atoms with Crippen LogP contribution in [0.1, 0.15) is 79.0 Å². The molecule has 0 aliphatic rings. The van der Waals surface area contributed by atoms with Gasteiger partial charge >= 0.3 is 0 Å². The molecule has 0 aliphatic carbocycles. The Morgan fingerprint density at radius 2 is 1.03 bits per heavy atom. The number of rotatable bonds is 5. The smallest absolute Gasteiger partial charge is 0 e. The third-order valence-electron chi connectivity index (χ3n) is 7.04. The van der Waals surface area contributed by atoms with Gasteiger partial charge in [0.05, 0.1) is 0 Å². The number of hydrogen-bond donors (Lipinski definition) is 0. The average Bonchev–Trinajstić information content (AvgIpc) is 3.52. The molecular weight excluding hydrogens is 550 g/mol. The minimum absolute atomic E-state index is 0. The van der Waals surface area contributed by atoms with Crippen LogP contribution in [-0.4, -0.2) is 10.3 Å². The van der Waals surface area contributed by atoms with E-state index < -0.39 is 0 Å². The van der Waals surface area contributed by atoms with Gasteiger partial charge in [-0.3, -0.25) is 0 Å². The summed E-state index contributed by atoms with van der Waals surface area (Å²) < 4.78 is 0. The molecule has 0 nitrogen and oxygen atoms in total. The van der Waals surface area contributed by atoms with Gasteiger partial charge in [-0.05, 0) is 21.9 Å². The zero-order valence-electron chi connectivity index (χ0n) is 25.5. The van der Waals surface area contributed by atoms with Gasteiger partial charge in [-0.2, -0.15) is 22.3 Å². The monoisotopic (exact) mass is 598 g/mol. The molecule has 0 fully saturated rings. The van der Waals surface area contributed by atoms with Crippen molar-refractivity contribution in [2.75, 3.05) is 0 Å². The molecule has 4 aromatic carbocycles. The van der Waals surface area contributed by atoms with Crippen molar-refractivity contribution in [1.29, 1.82) is 0 Å². The molecule has 0 amide bonds. The molecule has 0 aliphatic heterocycles. The predicted octanol–water partition coefficient (Wildman–Crippen LogP) is 11.4. The number of hydrogen-bond acceptors (Lipinski definition) is 0.